The highest BCUT2D eigenvalue weighted by molar-refractivity contribution is 5.12. The van der Waals surface area contributed by atoms with E-state index in [-0.39, 0.29) is 18.4 Å². The number of piperazine rings is 1. The van der Waals surface area contributed by atoms with Gasteiger partial charge in [-0.3, -0.25) is 4.90 Å². The molecule has 0 aromatic heterocycles. The summed E-state index contributed by atoms with van der Waals surface area (Å²) in [5, 5.41) is 3.40. The lowest BCUT2D eigenvalue weighted by molar-refractivity contribution is -0.201. The summed E-state index contributed by atoms with van der Waals surface area (Å²) < 4.78 is 39.2. The minimum atomic E-state index is -4.07. The van der Waals surface area contributed by atoms with Crippen LogP contribution in [-0.2, 0) is 0 Å². The lowest BCUT2D eigenvalue weighted by Crippen LogP contribution is -2.64. The van der Waals surface area contributed by atoms with Crippen LogP contribution in [0.1, 0.15) is 39.5 Å². The second-order valence-electron chi connectivity index (χ2n) is 5.37. The average molecular weight is 250 g/mol. The van der Waals surface area contributed by atoms with Crippen molar-refractivity contribution in [1.82, 2.24) is 10.2 Å². The molecule has 5 heteroatoms. The van der Waals surface area contributed by atoms with E-state index in [2.05, 4.69) is 5.32 Å². The average Bonchev–Trinajstić information content (AvgIpc) is 3.09. The van der Waals surface area contributed by atoms with Gasteiger partial charge in [0.2, 0.25) is 0 Å². The third-order valence-electron chi connectivity index (χ3n) is 4.59. The molecule has 0 amide bonds. The van der Waals surface area contributed by atoms with Crippen LogP contribution in [0, 0.1) is 0 Å². The Kier molecular flexibility index (Phi) is 3.19. The zero-order valence-corrected chi connectivity index (χ0v) is 10.5. The maximum atomic E-state index is 13.1. The number of nitrogens with one attached hydrogen (secondary N) is 1. The van der Waals surface area contributed by atoms with Crippen LogP contribution in [0.15, 0.2) is 0 Å². The van der Waals surface area contributed by atoms with Crippen LogP contribution in [0.2, 0.25) is 0 Å². The van der Waals surface area contributed by atoms with E-state index in [0.717, 1.165) is 12.8 Å². The predicted molar refractivity (Wildman–Crippen MR) is 60.9 cm³/mol. The van der Waals surface area contributed by atoms with Crippen molar-refractivity contribution in [2.45, 2.75) is 56.8 Å². The summed E-state index contributed by atoms with van der Waals surface area (Å²) >= 11 is 0. The minimum absolute atomic E-state index is 0.126. The van der Waals surface area contributed by atoms with Crippen molar-refractivity contribution in [1.29, 1.82) is 0 Å². The fourth-order valence-electron chi connectivity index (χ4n) is 2.94. The molecule has 2 aliphatic rings. The third kappa shape index (κ3) is 2.08. The van der Waals surface area contributed by atoms with Gasteiger partial charge in [-0.25, -0.2) is 0 Å². The predicted octanol–water partition coefficient (Wildman–Crippen LogP) is 2.55. The van der Waals surface area contributed by atoms with Gasteiger partial charge in [0.05, 0.1) is 0 Å². The smallest absolute Gasteiger partial charge is 0.309 e. The number of halogens is 3. The van der Waals surface area contributed by atoms with Crippen molar-refractivity contribution in [2.24, 2.45) is 0 Å². The molecule has 0 unspecified atom stereocenters. The highest BCUT2D eigenvalue weighted by Gasteiger charge is 2.67. The molecule has 1 N–H and O–H groups in total. The SMILES string of the molecule is CCC1(CC)CN(C2(C(F)(F)F)CC2)CCN1. The molecule has 0 spiro atoms. The number of alkyl halides is 3. The molecule has 2 fully saturated rings. The molecule has 0 radical (unpaired) electrons. The van der Waals surface area contributed by atoms with Crippen LogP contribution in [0.5, 0.6) is 0 Å². The van der Waals surface area contributed by atoms with Crippen LogP contribution < -0.4 is 5.32 Å². The van der Waals surface area contributed by atoms with Crippen molar-refractivity contribution in [3.63, 3.8) is 0 Å². The van der Waals surface area contributed by atoms with Crippen molar-refractivity contribution in [2.75, 3.05) is 19.6 Å². The van der Waals surface area contributed by atoms with Crippen LogP contribution in [0.3, 0.4) is 0 Å². The van der Waals surface area contributed by atoms with Crippen molar-refractivity contribution < 1.29 is 13.2 Å². The molecule has 1 heterocycles. The summed E-state index contributed by atoms with van der Waals surface area (Å²) in [4.78, 5) is 1.68. The fraction of sp³-hybridized carbons (Fsp3) is 1.00. The molecule has 1 saturated carbocycles. The first-order valence-corrected chi connectivity index (χ1v) is 6.46. The summed E-state index contributed by atoms with van der Waals surface area (Å²) in [5.41, 5.74) is -1.62. The molecule has 1 aliphatic heterocycles. The standard InChI is InChI=1S/C12H21F3N2/c1-3-10(4-2)9-17(8-7-16-10)11(5-6-11)12(13,14)15/h16H,3-9H2,1-2H3. The van der Waals surface area contributed by atoms with Gasteiger partial charge in [0.15, 0.2) is 0 Å². The van der Waals surface area contributed by atoms with Gasteiger partial charge in [0, 0.05) is 25.2 Å². The monoisotopic (exact) mass is 250 g/mol. The summed E-state index contributed by atoms with van der Waals surface area (Å²) in [6.07, 6.45) is -1.75. The maximum absolute atomic E-state index is 13.1. The molecule has 0 atom stereocenters. The molecule has 0 aromatic carbocycles. The quantitative estimate of drug-likeness (QED) is 0.828. The molecule has 0 bridgehead atoms. The lowest BCUT2D eigenvalue weighted by atomic mass is 9.89. The van der Waals surface area contributed by atoms with Gasteiger partial charge in [-0.15, -0.1) is 0 Å². The first-order chi connectivity index (χ1) is 7.89. The van der Waals surface area contributed by atoms with E-state index in [9.17, 15) is 13.2 Å². The second-order valence-corrected chi connectivity index (χ2v) is 5.37. The first-order valence-electron chi connectivity index (χ1n) is 6.46. The summed E-state index contributed by atoms with van der Waals surface area (Å²) in [5.74, 6) is 0. The molecule has 0 aromatic rings. The fourth-order valence-corrected chi connectivity index (χ4v) is 2.94. The summed E-state index contributed by atoms with van der Waals surface area (Å²) in [6.45, 7) is 5.81. The van der Waals surface area contributed by atoms with Gasteiger partial charge in [0.1, 0.15) is 5.54 Å². The van der Waals surface area contributed by atoms with Crippen LogP contribution in [-0.4, -0.2) is 41.8 Å². The number of nitrogens with zero attached hydrogens (tertiary/aromatic N) is 1. The molecular formula is C12H21F3N2. The Bertz CT molecular complexity index is 280. The van der Waals surface area contributed by atoms with Gasteiger partial charge in [-0.2, -0.15) is 13.2 Å². The molecule has 2 rings (SSSR count). The zero-order chi connectivity index (χ0) is 12.7. The number of hydrogen-bond donors (Lipinski definition) is 1. The van der Waals surface area contributed by atoms with Gasteiger partial charge in [0.25, 0.3) is 0 Å². The molecule has 100 valence electrons. The van der Waals surface area contributed by atoms with Crippen molar-refractivity contribution in [3.05, 3.63) is 0 Å². The van der Waals surface area contributed by atoms with E-state index >= 15 is 0 Å². The summed E-state index contributed by atoms with van der Waals surface area (Å²) in [7, 11) is 0. The van der Waals surface area contributed by atoms with Gasteiger partial charge in [-0.1, -0.05) is 13.8 Å². The van der Waals surface area contributed by atoms with Crippen LogP contribution in [0.4, 0.5) is 13.2 Å². The molecular weight excluding hydrogens is 229 g/mol. The van der Waals surface area contributed by atoms with E-state index in [1.165, 1.54) is 0 Å². The molecule has 2 nitrogen and oxygen atoms in total. The van der Waals surface area contributed by atoms with Crippen molar-refractivity contribution >= 4 is 0 Å². The second kappa shape index (κ2) is 4.12. The highest BCUT2D eigenvalue weighted by atomic mass is 19.4. The van der Waals surface area contributed by atoms with Crippen LogP contribution >= 0.6 is 0 Å². The Morgan fingerprint density at radius 2 is 1.76 bits per heavy atom. The normalized spacial score (nSPS) is 28.1. The number of rotatable bonds is 3. The van der Waals surface area contributed by atoms with E-state index in [1.807, 2.05) is 13.8 Å². The molecule has 1 aliphatic carbocycles. The zero-order valence-electron chi connectivity index (χ0n) is 10.5. The van der Waals surface area contributed by atoms with Gasteiger partial charge >= 0.3 is 6.18 Å². The first kappa shape index (κ1) is 13.1. The van der Waals surface area contributed by atoms with Crippen molar-refractivity contribution in [3.8, 4) is 0 Å². The Labute approximate surface area is 101 Å². The van der Waals surface area contributed by atoms with Crippen LogP contribution in [0.25, 0.3) is 0 Å². The molecule has 17 heavy (non-hydrogen) atoms. The largest absolute Gasteiger partial charge is 0.406 e. The Morgan fingerprint density at radius 3 is 2.18 bits per heavy atom. The highest BCUT2D eigenvalue weighted by Crippen LogP contribution is 2.54. The van der Waals surface area contributed by atoms with E-state index in [0.29, 0.717) is 19.6 Å². The summed E-state index contributed by atoms with van der Waals surface area (Å²) in [6, 6.07) is 0. The third-order valence-corrected chi connectivity index (χ3v) is 4.59. The molecule has 1 saturated heterocycles. The van der Waals surface area contributed by atoms with Gasteiger partial charge in [-0.05, 0) is 25.7 Å². The number of hydrogen-bond acceptors (Lipinski definition) is 2. The maximum Gasteiger partial charge on any atom is 0.406 e. The Hall–Kier alpha value is -0.290. The van der Waals surface area contributed by atoms with E-state index in [1.54, 1.807) is 4.90 Å². The Balaban J connectivity index is 2.13. The lowest BCUT2D eigenvalue weighted by Gasteiger charge is -2.46. The van der Waals surface area contributed by atoms with Gasteiger partial charge < -0.3 is 5.32 Å². The van der Waals surface area contributed by atoms with E-state index < -0.39 is 11.7 Å². The van der Waals surface area contributed by atoms with E-state index in [4.69, 9.17) is 0 Å². The minimum Gasteiger partial charge on any atom is -0.309 e. The Morgan fingerprint density at radius 1 is 1.18 bits per heavy atom. The topological polar surface area (TPSA) is 15.3 Å².